The number of benzene rings is 1. The molecule has 1 aliphatic rings. The van der Waals surface area contributed by atoms with Crippen LogP contribution in [0.1, 0.15) is 24.3 Å². The molecule has 1 saturated carbocycles. The van der Waals surface area contributed by atoms with Crippen molar-refractivity contribution in [1.82, 2.24) is 15.0 Å². The maximum absolute atomic E-state index is 11.3. The number of hydrogen-bond donors (Lipinski definition) is 2. The molecule has 1 fully saturated rings. The number of nitrogens with zero attached hydrogens (tertiary/aromatic N) is 1. The predicted octanol–water partition coefficient (Wildman–Crippen LogP) is 3.45. The molecule has 0 bridgehead atoms. The molecule has 0 atom stereocenters. The summed E-state index contributed by atoms with van der Waals surface area (Å²) in [6.45, 7) is 0. The molecule has 2 N–H and O–H groups in total. The van der Waals surface area contributed by atoms with E-state index in [-0.39, 0.29) is 5.69 Å². The number of H-pyrrole nitrogens is 2. The van der Waals surface area contributed by atoms with Gasteiger partial charge in [-0.1, -0.05) is 35.9 Å². The zero-order chi connectivity index (χ0) is 13.7. The molecule has 1 aromatic carbocycles. The molecule has 2 aromatic heterocycles. The summed E-state index contributed by atoms with van der Waals surface area (Å²) in [6.07, 6.45) is 2.57. The van der Waals surface area contributed by atoms with E-state index < -0.39 is 0 Å². The van der Waals surface area contributed by atoms with E-state index in [2.05, 4.69) is 27.1 Å². The van der Waals surface area contributed by atoms with Crippen molar-refractivity contribution in [1.29, 1.82) is 0 Å². The van der Waals surface area contributed by atoms with Crippen LogP contribution in [0.25, 0.3) is 22.4 Å². The molecule has 4 nitrogen and oxygen atoms in total. The fraction of sp³-hybridized carbons (Fsp3) is 0.200. The van der Waals surface area contributed by atoms with Gasteiger partial charge in [0.25, 0.3) is 0 Å². The highest BCUT2D eigenvalue weighted by Crippen LogP contribution is 2.40. The van der Waals surface area contributed by atoms with E-state index in [1.165, 1.54) is 18.4 Å². The van der Waals surface area contributed by atoms with Gasteiger partial charge in [0.05, 0.1) is 16.2 Å². The third-order valence-electron chi connectivity index (χ3n) is 3.69. The van der Waals surface area contributed by atoms with Gasteiger partial charge in [-0.2, -0.15) is 0 Å². The van der Waals surface area contributed by atoms with Crippen molar-refractivity contribution in [3.8, 4) is 11.3 Å². The Morgan fingerprint density at radius 2 is 1.90 bits per heavy atom. The third kappa shape index (κ3) is 1.93. The summed E-state index contributed by atoms with van der Waals surface area (Å²) in [4.78, 5) is 21.0. The number of aromatic amines is 2. The molecular weight excluding hydrogens is 274 g/mol. The van der Waals surface area contributed by atoms with Crippen LogP contribution in [0.5, 0.6) is 0 Å². The number of fused-ring (bicyclic) bond motifs is 1. The maximum Gasteiger partial charge on any atom is 0.325 e. The van der Waals surface area contributed by atoms with Gasteiger partial charge in [0, 0.05) is 5.56 Å². The lowest BCUT2D eigenvalue weighted by molar-refractivity contribution is 1.13. The molecule has 4 rings (SSSR count). The third-order valence-corrected chi connectivity index (χ3v) is 3.98. The van der Waals surface area contributed by atoms with Crippen LogP contribution in [0, 0.1) is 0 Å². The van der Waals surface area contributed by atoms with E-state index in [9.17, 15) is 4.79 Å². The Hall–Kier alpha value is -2.07. The summed E-state index contributed by atoms with van der Waals surface area (Å²) in [5.41, 5.74) is 3.91. The second kappa shape index (κ2) is 4.21. The van der Waals surface area contributed by atoms with E-state index >= 15 is 0 Å². The van der Waals surface area contributed by atoms with Crippen LogP contribution < -0.4 is 5.69 Å². The van der Waals surface area contributed by atoms with Crippen molar-refractivity contribution in [2.24, 2.45) is 0 Å². The molecule has 0 aliphatic heterocycles. The molecule has 0 saturated heterocycles. The Morgan fingerprint density at radius 1 is 1.15 bits per heavy atom. The summed E-state index contributed by atoms with van der Waals surface area (Å²) in [5.74, 6) is 0.732. The summed E-state index contributed by atoms with van der Waals surface area (Å²) in [5, 5.41) is 0.534. The summed E-state index contributed by atoms with van der Waals surface area (Å²) in [7, 11) is 0. The predicted molar refractivity (Wildman–Crippen MR) is 79.1 cm³/mol. The zero-order valence-electron chi connectivity index (χ0n) is 10.6. The van der Waals surface area contributed by atoms with Crippen LogP contribution >= 0.6 is 11.6 Å². The normalized spacial score (nSPS) is 14.8. The lowest BCUT2D eigenvalue weighted by Crippen LogP contribution is -1.99. The topological polar surface area (TPSA) is 61.5 Å². The highest BCUT2D eigenvalue weighted by atomic mass is 35.5. The van der Waals surface area contributed by atoms with Gasteiger partial charge in [0.15, 0.2) is 5.65 Å². The van der Waals surface area contributed by atoms with Gasteiger partial charge in [-0.3, -0.25) is 4.98 Å². The Kier molecular flexibility index (Phi) is 2.47. The van der Waals surface area contributed by atoms with Crippen LogP contribution in [0.4, 0.5) is 0 Å². The zero-order valence-corrected chi connectivity index (χ0v) is 11.4. The van der Waals surface area contributed by atoms with Gasteiger partial charge in [-0.25, -0.2) is 9.78 Å². The average Bonchev–Trinajstić information content (AvgIpc) is 3.21. The Morgan fingerprint density at radius 3 is 2.60 bits per heavy atom. The lowest BCUT2D eigenvalue weighted by Gasteiger charge is -2.05. The van der Waals surface area contributed by atoms with E-state index in [1.807, 2.05) is 12.1 Å². The quantitative estimate of drug-likeness (QED) is 0.757. The Labute approximate surface area is 119 Å². The van der Waals surface area contributed by atoms with Gasteiger partial charge in [-0.15, -0.1) is 0 Å². The minimum Gasteiger partial charge on any atom is -0.304 e. The van der Waals surface area contributed by atoms with Crippen molar-refractivity contribution >= 4 is 22.8 Å². The highest BCUT2D eigenvalue weighted by Gasteiger charge is 2.23. The molecule has 0 amide bonds. The molecule has 100 valence electrons. The van der Waals surface area contributed by atoms with Crippen LogP contribution in [0.15, 0.2) is 35.1 Å². The van der Waals surface area contributed by atoms with E-state index in [0.717, 1.165) is 11.5 Å². The maximum atomic E-state index is 11.3. The van der Waals surface area contributed by atoms with Crippen molar-refractivity contribution in [3.63, 3.8) is 0 Å². The fourth-order valence-electron chi connectivity index (χ4n) is 2.47. The molecule has 0 unspecified atom stereocenters. The number of pyridine rings is 1. The molecule has 20 heavy (non-hydrogen) atoms. The van der Waals surface area contributed by atoms with Gasteiger partial charge in [0.1, 0.15) is 0 Å². The molecule has 0 spiro atoms. The number of aromatic nitrogens is 3. The number of rotatable bonds is 2. The van der Waals surface area contributed by atoms with Crippen LogP contribution in [-0.2, 0) is 0 Å². The largest absolute Gasteiger partial charge is 0.325 e. The number of halogens is 1. The number of nitrogens with one attached hydrogen (secondary N) is 2. The van der Waals surface area contributed by atoms with Crippen molar-refractivity contribution in [2.45, 2.75) is 18.8 Å². The van der Waals surface area contributed by atoms with Crippen LogP contribution in [-0.4, -0.2) is 15.0 Å². The van der Waals surface area contributed by atoms with E-state index in [0.29, 0.717) is 21.9 Å². The van der Waals surface area contributed by atoms with Gasteiger partial charge in [0.2, 0.25) is 0 Å². The molecule has 5 heteroatoms. The Bertz CT molecular complexity index is 844. The van der Waals surface area contributed by atoms with Gasteiger partial charge >= 0.3 is 5.69 Å². The Balaban J connectivity index is 1.83. The van der Waals surface area contributed by atoms with E-state index in [4.69, 9.17) is 11.6 Å². The first-order valence-electron chi connectivity index (χ1n) is 6.59. The first kappa shape index (κ1) is 11.7. The van der Waals surface area contributed by atoms with Crippen molar-refractivity contribution in [2.75, 3.05) is 0 Å². The average molecular weight is 286 g/mol. The number of hydrogen-bond acceptors (Lipinski definition) is 2. The van der Waals surface area contributed by atoms with Crippen LogP contribution in [0.2, 0.25) is 5.02 Å². The first-order valence-corrected chi connectivity index (χ1v) is 6.97. The number of imidazole rings is 1. The molecule has 0 radical (unpaired) electrons. The summed E-state index contributed by atoms with van der Waals surface area (Å²) >= 11 is 6.26. The van der Waals surface area contributed by atoms with Crippen molar-refractivity contribution in [3.05, 3.63) is 51.4 Å². The minimum atomic E-state index is -0.273. The van der Waals surface area contributed by atoms with Crippen LogP contribution in [0.3, 0.4) is 0 Å². The smallest absolute Gasteiger partial charge is 0.304 e. The van der Waals surface area contributed by atoms with E-state index in [1.54, 1.807) is 6.07 Å². The minimum absolute atomic E-state index is 0.273. The molecule has 2 heterocycles. The van der Waals surface area contributed by atoms with Crippen molar-refractivity contribution < 1.29 is 0 Å². The highest BCUT2D eigenvalue weighted by molar-refractivity contribution is 6.33. The second-order valence-corrected chi connectivity index (χ2v) is 5.60. The monoisotopic (exact) mass is 285 g/mol. The molecule has 1 aliphatic carbocycles. The standard InChI is InChI=1S/C15H12ClN3O/c16-11-7-12-14(19-15(20)17-12)18-13(11)10-5-3-9(4-6-10)8-1-2-8/h3-8H,1-2H2,(H2,17,18,19,20). The lowest BCUT2D eigenvalue weighted by atomic mass is 10.1. The van der Waals surface area contributed by atoms with Gasteiger partial charge in [-0.05, 0) is 30.4 Å². The SMILES string of the molecule is O=c1[nH]c2cc(Cl)c(-c3ccc(C4CC4)cc3)nc2[nH]1. The first-order chi connectivity index (χ1) is 9.70. The fourth-order valence-corrected chi connectivity index (χ4v) is 2.73. The molecular formula is C15H12ClN3O. The van der Waals surface area contributed by atoms with Gasteiger partial charge < -0.3 is 4.98 Å². The molecule has 3 aromatic rings. The second-order valence-electron chi connectivity index (χ2n) is 5.19. The summed E-state index contributed by atoms with van der Waals surface area (Å²) < 4.78 is 0. The summed E-state index contributed by atoms with van der Waals surface area (Å²) in [6, 6.07) is 10.1.